The molecule has 0 aliphatic carbocycles. The van der Waals surface area contributed by atoms with E-state index in [4.69, 9.17) is 4.74 Å². The molecule has 3 heteroatoms. The number of rotatable bonds is 8. The van der Waals surface area contributed by atoms with E-state index in [1.807, 2.05) is 0 Å². The highest BCUT2D eigenvalue weighted by Gasteiger charge is 2.17. The Kier molecular flexibility index (Phi) is 7.19. The van der Waals surface area contributed by atoms with Crippen LogP contribution in [0.3, 0.4) is 0 Å². The van der Waals surface area contributed by atoms with Crippen LogP contribution >= 0.6 is 0 Å². The number of aryl methyl sites for hydroxylation is 1. The Bertz CT molecular complexity index is 390. The summed E-state index contributed by atoms with van der Waals surface area (Å²) in [6, 6.07) is 8.29. The van der Waals surface area contributed by atoms with Crippen LogP contribution < -0.4 is 5.32 Å². The summed E-state index contributed by atoms with van der Waals surface area (Å²) < 4.78 is 4.83. The SMILES string of the molecule is CCCCC(NCCc1cccc(C)c1)C(=O)OC. The molecule has 0 spiro atoms. The molecule has 0 saturated heterocycles. The molecule has 1 N–H and O–H groups in total. The molecule has 1 atom stereocenters. The monoisotopic (exact) mass is 263 g/mol. The molecule has 3 nitrogen and oxygen atoms in total. The molecule has 19 heavy (non-hydrogen) atoms. The second-order valence-corrected chi connectivity index (χ2v) is 4.91. The van der Waals surface area contributed by atoms with Gasteiger partial charge in [0.25, 0.3) is 0 Å². The number of benzene rings is 1. The maximum atomic E-state index is 11.6. The Morgan fingerprint density at radius 3 is 2.84 bits per heavy atom. The predicted octanol–water partition coefficient (Wildman–Crippen LogP) is 2.86. The highest BCUT2D eigenvalue weighted by Crippen LogP contribution is 2.06. The fraction of sp³-hybridized carbons (Fsp3) is 0.562. The van der Waals surface area contributed by atoms with E-state index in [1.54, 1.807) is 0 Å². The molecule has 0 aromatic heterocycles. The maximum Gasteiger partial charge on any atom is 0.322 e. The first-order valence-electron chi connectivity index (χ1n) is 7.04. The van der Waals surface area contributed by atoms with Crippen LogP contribution in [-0.2, 0) is 16.0 Å². The number of ether oxygens (including phenoxy) is 1. The molecule has 0 saturated carbocycles. The smallest absolute Gasteiger partial charge is 0.322 e. The Labute approximate surface area is 116 Å². The van der Waals surface area contributed by atoms with Crippen LogP contribution in [0.1, 0.15) is 37.3 Å². The largest absolute Gasteiger partial charge is 0.468 e. The van der Waals surface area contributed by atoms with Gasteiger partial charge in [0, 0.05) is 0 Å². The van der Waals surface area contributed by atoms with Crippen molar-refractivity contribution in [3.05, 3.63) is 35.4 Å². The fourth-order valence-corrected chi connectivity index (χ4v) is 2.11. The molecule has 1 rings (SSSR count). The van der Waals surface area contributed by atoms with Crippen LogP contribution in [-0.4, -0.2) is 25.7 Å². The third kappa shape index (κ3) is 5.88. The third-order valence-corrected chi connectivity index (χ3v) is 3.22. The molecule has 0 amide bonds. The van der Waals surface area contributed by atoms with Gasteiger partial charge in [0.05, 0.1) is 7.11 Å². The molecular weight excluding hydrogens is 238 g/mol. The highest BCUT2D eigenvalue weighted by atomic mass is 16.5. The topological polar surface area (TPSA) is 38.3 Å². The Hall–Kier alpha value is -1.35. The van der Waals surface area contributed by atoms with Gasteiger partial charge in [-0.05, 0) is 31.9 Å². The zero-order valence-corrected chi connectivity index (χ0v) is 12.2. The summed E-state index contributed by atoms with van der Waals surface area (Å²) in [5.74, 6) is -0.155. The summed E-state index contributed by atoms with van der Waals surface area (Å²) in [6.45, 7) is 5.02. The lowest BCUT2D eigenvalue weighted by Gasteiger charge is -2.16. The number of carbonyl (C=O) groups excluding carboxylic acids is 1. The summed E-state index contributed by atoms with van der Waals surface area (Å²) in [4.78, 5) is 11.6. The average Bonchev–Trinajstić information content (AvgIpc) is 2.42. The summed E-state index contributed by atoms with van der Waals surface area (Å²) in [7, 11) is 1.45. The van der Waals surface area contributed by atoms with Gasteiger partial charge < -0.3 is 10.1 Å². The number of unbranched alkanes of at least 4 members (excludes halogenated alkanes) is 1. The minimum Gasteiger partial charge on any atom is -0.468 e. The molecule has 106 valence electrons. The molecule has 1 aromatic carbocycles. The van der Waals surface area contributed by atoms with Crippen molar-refractivity contribution < 1.29 is 9.53 Å². The standard InChI is InChI=1S/C16H25NO2/c1-4-5-9-15(16(18)19-3)17-11-10-14-8-6-7-13(2)12-14/h6-8,12,15,17H,4-5,9-11H2,1-3H3. The molecule has 0 aliphatic rings. The number of hydrogen-bond donors (Lipinski definition) is 1. The lowest BCUT2D eigenvalue weighted by molar-refractivity contribution is -0.143. The first-order valence-corrected chi connectivity index (χ1v) is 7.04. The molecule has 1 unspecified atom stereocenters. The lowest BCUT2D eigenvalue weighted by atomic mass is 10.1. The van der Waals surface area contributed by atoms with Gasteiger partial charge in [-0.25, -0.2) is 0 Å². The zero-order valence-electron chi connectivity index (χ0n) is 12.2. The number of methoxy groups -OCH3 is 1. The summed E-state index contributed by atoms with van der Waals surface area (Å²) >= 11 is 0. The molecular formula is C16H25NO2. The van der Waals surface area contributed by atoms with Crippen molar-refractivity contribution in [3.63, 3.8) is 0 Å². The summed E-state index contributed by atoms with van der Waals surface area (Å²) in [6.07, 6.45) is 3.91. The first-order chi connectivity index (χ1) is 9.17. The Morgan fingerprint density at radius 1 is 1.42 bits per heavy atom. The van der Waals surface area contributed by atoms with Gasteiger partial charge in [-0.3, -0.25) is 4.79 Å². The van der Waals surface area contributed by atoms with Crippen LogP contribution in [0.5, 0.6) is 0 Å². The minimum atomic E-state index is -0.172. The van der Waals surface area contributed by atoms with Crippen molar-refractivity contribution >= 4 is 5.97 Å². The normalized spacial score (nSPS) is 12.2. The van der Waals surface area contributed by atoms with Crippen molar-refractivity contribution in [2.45, 2.75) is 45.6 Å². The van der Waals surface area contributed by atoms with Crippen LogP contribution in [0.15, 0.2) is 24.3 Å². The van der Waals surface area contributed by atoms with Crippen LogP contribution in [0, 0.1) is 6.92 Å². The van der Waals surface area contributed by atoms with E-state index in [0.717, 1.165) is 32.2 Å². The predicted molar refractivity (Wildman–Crippen MR) is 78.2 cm³/mol. The van der Waals surface area contributed by atoms with E-state index >= 15 is 0 Å². The van der Waals surface area contributed by atoms with Crippen LogP contribution in [0.25, 0.3) is 0 Å². The van der Waals surface area contributed by atoms with E-state index in [9.17, 15) is 4.79 Å². The van der Waals surface area contributed by atoms with E-state index in [1.165, 1.54) is 18.2 Å². The van der Waals surface area contributed by atoms with Crippen LogP contribution in [0.2, 0.25) is 0 Å². The number of nitrogens with one attached hydrogen (secondary N) is 1. The van der Waals surface area contributed by atoms with Gasteiger partial charge in [-0.15, -0.1) is 0 Å². The van der Waals surface area contributed by atoms with Crippen molar-refractivity contribution in [1.82, 2.24) is 5.32 Å². The van der Waals surface area contributed by atoms with Gasteiger partial charge in [0.1, 0.15) is 6.04 Å². The molecule has 0 bridgehead atoms. The van der Waals surface area contributed by atoms with Gasteiger partial charge in [-0.1, -0.05) is 49.6 Å². The second kappa shape index (κ2) is 8.70. The van der Waals surface area contributed by atoms with Crippen molar-refractivity contribution in [2.75, 3.05) is 13.7 Å². The van der Waals surface area contributed by atoms with E-state index in [0.29, 0.717) is 0 Å². The summed E-state index contributed by atoms with van der Waals surface area (Å²) in [5.41, 5.74) is 2.57. The van der Waals surface area contributed by atoms with E-state index < -0.39 is 0 Å². The first kappa shape index (κ1) is 15.7. The van der Waals surface area contributed by atoms with Crippen LogP contribution in [0.4, 0.5) is 0 Å². The van der Waals surface area contributed by atoms with Crippen molar-refractivity contribution in [3.8, 4) is 0 Å². The fourth-order valence-electron chi connectivity index (χ4n) is 2.11. The van der Waals surface area contributed by atoms with E-state index in [2.05, 4.69) is 43.4 Å². The third-order valence-electron chi connectivity index (χ3n) is 3.22. The van der Waals surface area contributed by atoms with Gasteiger partial charge in [-0.2, -0.15) is 0 Å². The Morgan fingerprint density at radius 2 is 2.21 bits per heavy atom. The van der Waals surface area contributed by atoms with Gasteiger partial charge >= 0.3 is 5.97 Å². The number of esters is 1. The molecule has 0 radical (unpaired) electrons. The number of carbonyl (C=O) groups is 1. The molecule has 0 heterocycles. The maximum absolute atomic E-state index is 11.6. The second-order valence-electron chi connectivity index (χ2n) is 4.91. The van der Waals surface area contributed by atoms with Gasteiger partial charge in [0.2, 0.25) is 0 Å². The minimum absolute atomic E-state index is 0.155. The van der Waals surface area contributed by atoms with Crippen molar-refractivity contribution in [1.29, 1.82) is 0 Å². The van der Waals surface area contributed by atoms with E-state index in [-0.39, 0.29) is 12.0 Å². The molecule has 0 fully saturated rings. The van der Waals surface area contributed by atoms with Crippen molar-refractivity contribution in [2.24, 2.45) is 0 Å². The quantitative estimate of drug-likeness (QED) is 0.733. The number of hydrogen-bond acceptors (Lipinski definition) is 3. The lowest BCUT2D eigenvalue weighted by Crippen LogP contribution is -2.38. The zero-order chi connectivity index (χ0) is 14.1. The highest BCUT2D eigenvalue weighted by molar-refractivity contribution is 5.75. The molecule has 1 aromatic rings. The van der Waals surface area contributed by atoms with Gasteiger partial charge in [0.15, 0.2) is 0 Å². The average molecular weight is 263 g/mol. The molecule has 0 aliphatic heterocycles. The Balaban J connectivity index is 2.41. The summed E-state index contributed by atoms with van der Waals surface area (Å²) in [5, 5.41) is 3.30.